The summed E-state index contributed by atoms with van der Waals surface area (Å²) in [6.07, 6.45) is 1.46. The number of aryl methyl sites for hydroxylation is 1. The van der Waals surface area contributed by atoms with Gasteiger partial charge in [-0.3, -0.25) is 9.89 Å². The van der Waals surface area contributed by atoms with E-state index in [1.165, 1.54) is 6.21 Å². The Kier molecular flexibility index (Phi) is 6.97. The Morgan fingerprint density at radius 2 is 1.93 bits per heavy atom. The van der Waals surface area contributed by atoms with Crippen LogP contribution in [0, 0.1) is 6.92 Å². The van der Waals surface area contributed by atoms with Crippen LogP contribution in [-0.2, 0) is 0 Å². The van der Waals surface area contributed by atoms with Crippen LogP contribution in [0.25, 0.3) is 0 Å². The van der Waals surface area contributed by atoms with Crippen LogP contribution in [0.1, 0.15) is 39.0 Å². The lowest BCUT2D eigenvalue weighted by Gasteiger charge is -2.11. The van der Waals surface area contributed by atoms with Crippen molar-refractivity contribution in [2.45, 2.75) is 13.8 Å². The molecule has 0 spiro atoms. The molecule has 0 aliphatic heterocycles. The van der Waals surface area contributed by atoms with Gasteiger partial charge in [0.25, 0.3) is 5.91 Å². The summed E-state index contributed by atoms with van der Waals surface area (Å²) in [4.78, 5) is 24.3. The Morgan fingerprint density at radius 1 is 1.17 bits per heavy atom. The van der Waals surface area contributed by atoms with E-state index in [0.29, 0.717) is 23.5 Å². The highest BCUT2D eigenvalue weighted by Crippen LogP contribution is 2.29. The maximum absolute atomic E-state index is 12.4. The summed E-state index contributed by atoms with van der Waals surface area (Å²) < 4.78 is 11.9. The number of hydrazone groups is 1. The number of benzene rings is 2. The second kappa shape index (κ2) is 9.84. The Labute approximate surface area is 181 Å². The molecule has 0 aliphatic rings. The largest absolute Gasteiger partial charge is 0.490 e. The van der Waals surface area contributed by atoms with Gasteiger partial charge in [-0.25, -0.2) is 10.2 Å². The molecule has 0 saturated heterocycles. The average molecular weight is 471 g/mol. The summed E-state index contributed by atoms with van der Waals surface area (Å²) in [6.45, 7) is 4.01. The van der Waals surface area contributed by atoms with Gasteiger partial charge in [-0.1, -0.05) is 15.9 Å². The van der Waals surface area contributed by atoms with Gasteiger partial charge in [-0.05, 0) is 67.9 Å². The Balaban J connectivity index is 1.70. The summed E-state index contributed by atoms with van der Waals surface area (Å²) in [5, 5.41) is 10.5. The molecule has 8 nitrogen and oxygen atoms in total. The predicted molar refractivity (Wildman–Crippen MR) is 115 cm³/mol. The molecule has 2 aromatic carbocycles. The lowest BCUT2D eigenvalue weighted by Crippen LogP contribution is -2.18. The van der Waals surface area contributed by atoms with Gasteiger partial charge in [0.1, 0.15) is 0 Å². The maximum Gasteiger partial charge on any atom is 0.343 e. The van der Waals surface area contributed by atoms with Crippen molar-refractivity contribution in [3.8, 4) is 11.5 Å². The number of hydrogen-bond donors (Lipinski definition) is 2. The van der Waals surface area contributed by atoms with E-state index in [0.717, 1.165) is 10.2 Å². The fourth-order valence-electron chi connectivity index (χ4n) is 2.46. The molecule has 1 amide bonds. The SMILES string of the molecule is CCOc1cc(/C=N/NC(=O)c2cc(C)[nH]n2)ccc1OC(=O)c1ccc(Br)cc1. The molecule has 3 aromatic rings. The fourth-order valence-corrected chi connectivity index (χ4v) is 2.72. The van der Waals surface area contributed by atoms with Gasteiger partial charge in [-0.2, -0.15) is 10.2 Å². The molecule has 0 unspecified atom stereocenters. The first-order valence-electron chi connectivity index (χ1n) is 9.06. The van der Waals surface area contributed by atoms with Crippen LogP contribution < -0.4 is 14.9 Å². The van der Waals surface area contributed by atoms with Crippen LogP contribution in [0.2, 0.25) is 0 Å². The van der Waals surface area contributed by atoms with Crippen molar-refractivity contribution in [1.82, 2.24) is 15.6 Å². The Morgan fingerprint density at radius 3 is 2.60 bits per heavy atom. The van der Waals surface area contributed by atoms with Crippen molar-refractivity contribution < 1.29 is 19.1 Å². The van der Waals surface area contributed by atoms with Gasteiger partial charge in [0.05, 0.1) is 18.4 Å². The van der Waals surface area contributed by atoms with E-state index in [1.54, 1.807) is 55.5 Å². The highest BCUT2D eigenvalue weighted by molar-refractivity contribution is 9.10. The smallest absolute Gasteiger partial charge is 0.343 e. The number of nitrogens with zero attached hydrogens (tertiary/aromatic N) is 2. The van der Waals surface area contributed by atoms with E-state index in [1.807, 2.05) is 6.92 Å². The van der Waals surface area contributed by atoms with E-state index in [2.05, 4.69) is 36.7 Å². The molecule has 154 valence electrons. The lowest BCUT2D eigenvalue weighted by atomic mass is 10.2. The number of H-pyrrole nitrogens is 1. The normalized spacial score (nSPS) is 10.8. The molecule has 1 aromatic heterocycles. The number of esters is 1. The van der Waals surface area contributed by atoms with E-state index < -0.39 is 11.9 Å². The quantitative estimate of drug-likeness (QED) is 0.236. The number of halogens is 1. The van der Waals surface area contributed by atoms with Gasteiger partial charge in [0.15, 0.2) is 17.2 Å². The van der Waals surface area contributed by atoms with Gasteiger partial charge >= 0.3 is 5.97 Å². The highest BCUT2D eigenvalue weighted by Gasteiger charge is 2.13. The number of aromatic nitrogens is 2. The van der Waals surface area contributed by atoms with E-state index in [4.69, 9.17) is 9.47 Å². The molecule has 0 bridgehead atoms. The summed E-state index contributed by atoms with van der Waals surface area (Å²) >= 11 is 3.33. The molecule has 0 saturated carbocycles. The van der Waals surface area contributed by atoms with Crippen LogP contribution in [-0.4, -0.2) is 34.9 Å². The number of ether oxygens (including phenoxy) is 2. The van der Waals surface area contributed by atoms with Gasteiger partial charge in [-0.15, -0.1) is 0 Å². The van der Waals surface area contributed by atoms with E-state index >= 15 is 0 Å². The molecular weight excluding hydrogens is 452 g/mol. The van der Waals surface area contributed by atoms with E-state index in [9.17, 15) is 9.59 Å². The third kappa shape index (κ3) is 5.54. The molecule has 30 heavy (non-hydrogen) atoms. The maximum atomic E-state index is 12.4. The molecule has 1 heterocycles. The summed E-state index contributed by atoms with van der Waals surface area (Å²) in [5.41, 5.74) is 4.50. The third-order valence-corrected chi connectivity index (χ3v) is 4.40. The van der Waals surface area contributed by atoms with Gasteiger partial charge in [0.2, 0.25) is 0 Å². The minimum absolute atomic E-state index is 0.245. The first-order chi connectivity index (χ1) is 14.5. The molecule has 2 N–H and O–H groups in total. The molecule has 0 atom stereocenters. The van der Waals surface area contributed by atoms with Crippen LogP contribution in [0.5, 0.6) is 11.5 Å². The zero-order valence-corrected chi connectivity index (χ0v) is 17.9. The Hall–Kier alpha value is -3.46. The fraction of sp³-hybridized carbons (Fsp3) is 0.143. The number of rotatable bonds is 7. The molecule has 0 radical (unpaired) electrons. The number of carbonyl (C=O) groups is 2. The van der Waals surface area contributed by atoms with Crippen molar-refractivity contribution in [1.29, 1.82) is 0 Å². The first kappa shape index (κ1) is 21.3. The monoisotopic (exact) mass is 470 g/mol. The summed E-state index contributed by atoms with van der Waals surface area (Å²) in [7, 11) is 0. The van der Waals surface area contributed by atoms with Crippen LogP contribution >= 0.6 is 15.9 Å². The highest BCUT2D eigenvalue weighted by atomic mass is 79.9. The van der Waals surface area contributed by atoms with Gasteiger partial charge in [0, 0.05) is 10.2 Å². The zero-order valence-electron chi connectivity index (χ0n) is 16.3. The molecule has 0 aliphatic carbocycles. The van der Waals surface area contributed by atoms with E-state index in [-0.39, 0.29) is 11.4 Å². The minimum Gasteiger partial charge on any atom is -0.490 e. The minimum atomic E-state index is -0.494. The topological polar surface area (TPSA) is 106 Å². The number of carbonyl (C=O) groups excluding carboxylic acids is 2. The van der Waals surface area contributed by atoms with Crippen molar-refractivity contribution in [3.63, 3.8) is 0 Å². The second-order valence-electron chi connectivity index (χ2n) is 6.17. The standard InChI is InChI=1S/C21H19BrN4O4/c1-3-29-19-11-14(12-23-26-20(27)17-10-13(2)24-25-17)4-9-18(19)30-21(28)15-5-7-16(22)8-6-15/h4-12H,3H2,1-2H3,(H,24,25)(H,26,27)/b23-12+. The average Bonchev–Trinajstić information content (AvgIpc) is 3.17. The number of amides is 1. The van der Waals surface area contributed by atoms with Gasteiger partial charge < -0.3 is 9.47 Å². The van der Waals surface area contributed by atoms with Crippen molar-refractivity contribution >= 4 is 34.0 Å². The number of nitrogens with one attached hydrogen (secondary N) is 2. The summed E-state index contributed by atoms with van der Waals surface area (Å²) in [6, 6.07) is 13.4. The molecular formula is C21H19BrN4O4. The third-order valence-electron chi connectivity index (χ3n) is 3.87. The number of aromatic amines is 1. The molecule has 9 heteroatoms. The molecule has 3 rings (SSSR count). The van der Waals surface area contributed by atoms with Crippen molar-refractivity contribution in [3.05, 3.63) is 75.5 Å². The van der Waals surface area contributed by atoms with Crippen LogP contribution in [0.4, 0.5) is 0 Å². The predicted octanol–water partition coefficient (Wildman–Crippen LogP) is 3.86. The molecule has 0 fully saturated rings. The lowest BCUT2D eigenvalue weighted by molar-refractivity contribution is 0.0728. The van der Waals surface area contributed by atoms with Crippen molar-refractivity contribution in [2.24, 2.45) is 5.10 Å². The summed E-state index contributed by atoms with van der Waals surface area (Å²) in [5.74, 6) is -0.244. The second-order valence-corrected chi connectivity index (χ2v) is 7.09. The van der Waals surface area contributed by atoms with Crippen LogP contribution in [0.3, 0.4) is 0 Å². The zero-order chi connectivity index (χ0) is 21.5. The first-order valence-corrected chi connectivity index (χ1v) is 9.85. The number of hydrogen-bond acceptors (Lipinski definition) is 6. The van der Waals surface area contributed by atoms with Crippen molar-refractivity contribution in [2.75, 3.05) is 6.61 Å². The van der Waals surface area contributed by atoms with Crippen LogP contribution in [0.15, 0.2) is 58.1 Å². The Bertz CT molecular complexity index is 1080.